The van der Waals surface area contributed by atoms with Crippen molar-refractivity contribution >= 4 is 17.9 Å². The Hall–Kier alpha value is -3.67. The van der Waals surface area contributed by atoms with Gasteiger partial charge in [0.1, 0.15) is 13.2 Å². The Bertz CT molecular complexity index is 1460. The molecule has 0 radical (unpaired) electrons. The number of unbranched alkanes of at least 4 members (excludes halogenated alkanes) is 29. The summed E-state index contributed by atoms with van der Waals surface area (Å²) < 4.78 is 16.8. The van der Waals surface area contributed by atoms with Gasteiger partial charge in [-0.1, -0.05) is 272 Å². The van der Waals surface area contributed by atoms with Gasteiger partial charge in [0, 0.05) is 19.3 Å². The van der Waals surface area contributed by atoms with E-state index in [4.69, 9.17) is 14.2 Å². The molecule has 0 N–H and O–H groups in total. The van der Waals surface area contributed by atoms with Gasteiger partial charge in [-0.25, -0.2) is 0 Å². The fourth-order valence-electron chi connectivity index (χ4n) is 8.65. The number of hydrogen-bond acceptors (Lipinski definition) is 6. The Labute approximate surface area is 457 Å². The Balaban J connectivity index is 4.17. The molecule has 0 spiro atoms. The van der Waals surface area contributed by atoms with Crippen molar-refractivity contribution in [3.63, 3.8) is 0 Å². The number of esters is 3. The number of rotatable bonds is 56. The van der Waals surface area contributed by atoms with Crippen LogP contribution in [0.5, 0.6) is 0 Å². The summed E-state index contributed by atoms with van der Waals surface area (Å²) in [5.74, 6) is -0.892. The highest BCUT2D eigenvalue weighted by Crippen LogP contribution is 2.16. The first-order valence-corrected chi connectivity index (χ1v) is 31.2. The van der Waals surface area contributed by atoms with E-state index < -0.39 is 6.10 Å². The summed E-state index contributed by atoms with van der Waals surface area (Å²) in [5.41, 5.74) is 0. The van der Waals surface area contributed by atoms with E-state index in [0.717, 1.165) is 116 Å². The van der Waals surface area contributed by atoms with E-state index >= 15 is 0 Å². The van der Waals surface area contributed by atoms with Crippen molar-refractivity contribution < 1.29 is 28.6 Å². The zero-order chi connectivity index (χ0) is 53.6. The maximum Gasteiger partial charge on any atom is 0.306 e. The number of carbonyl (C=O) groups excluding carboxylic acids is 3. The summed E-state index contributed by atoms with van der Waals surface area (Å²) >= 11 is 0. The molecule has 0 rings (SSSR count). The third kappa shape index (κ3) is 59.2. The Morgan fingerprint density at radius 2 is 0.527 bits per heavy atom. The zero-order valence-electron chi connectivity index (χ0n) is 48.6. The number of allylic oxidation sites excluding steroid dienone is 16. The van der Waals surface area contributed by atoms with Gasteiger partial charge in [0.2, 0.25) is 0 Å². The van der Waals surface area contributed by atoms with Gasteiger partial charge in [0.05, 0.1) is 0 Å². The molecule has 0 saturated heterocycles. The van der Waals surface area contributed by atoms with Crippen molar-refractivity contribution in [2.75, 3.05) is 13.2 Å². The number of hydrogen-bond donors (Lipinski definition) is 0. The van der Waals surface area contributed by atoms with E-state index in [1.54, 1.807) is 0 Å². The molecule has 424 valence electrons. The molecule has 0 aliphatic heterocycles. The van der Waals surface area contributed by atoms with Crippen LogP contribution in [-0.4, -0.2) is 37.2 Å². The fourth-order valence-corrected chi connectivity index (χ4v) is 8.65. The summed E-state index contributed by atoms with van der Waals surface area (Å²) in [7, 11) is 0. The minimum Gasteiger partial charge on any atom is -0.462 e. The van der Waals surface area contributed by atoms with Crippen LogP contribution in [0.15, 0.2) is 97.2 Å². The molecule has 0 amide bonds. The van der Waals surface area contributed by atoms with Gasteiger partial charge in [-0.2, -0.15) is 0 Å². The van der Waals surface area contributed by atoms with Gasteiger partial charge in [-0.3, -0.25) is 14.4 Å². The van der Waals surface area contributed by atoms with E-state index in [9.17, 15) is 14.4 Å². The quantitative estimate of drug-likeness (QED) is 0.0261. The van der Waals surface area contributed by atoms with Crippen molar-refractivity contribution in [2.24, 2.45) is 0 Å². The van der Waals surface area contributed by atoms with Crippen LogP contribution in [0.3, 0.4) is 0 Å². The Morgan fingerprint density at radius 1 is 0.284 bits per heavy atom. The van der Waals surface area contributed by atoms with Crippen molar-refractivity contribution in [2.45, 2.75) is 303 Å². The lowest BCUT2D eigenvalue weighted by atomic mass is 10.0. The Morgan fingerprint density at radius 3 is 0.851 bits per heavy atom. The first-order valence-electron chi connectivity index (χ1n) is 31.2. The van der Waals surface area contributed by atoms with Crippen molar-refractivity contribution in [1.29, 1.82) is 0 Å². The highest BCUT2D eigenvalue weighted by atomic mass is 16.6. The highest BCUT2D eigenvalue weighted by Gasteiger charge is 2.19. The van der Waals surface area contributed by atoms with Crippen molar-refractivity contribution in [1.82, 2.24) is 0 Å². The maximum absolute atomic E-state index is 12.8. The largest absolute Gasteiger partial charge is 0.462 e. The fraction of sp³-hybridized carbons (Fsp3) is 0.721. The topological polar surface area (TPSA) is 78.9 Å². The molecule has 74 heavy (non-hydrogen) atoms. The maximum atomic E-state index is 12.8. The molecule has 0 aromatic carbocycles. The molecule has 0 aromatic heterocycles. The molecule has 0 aliphatic rings. The molecule has 6 heteroatoms. The summed E-state index contributed by atoms with van der Waals surface area (Å²) in [6.45, 7) is 6.47. The van der Waals surface area contributed by atoms with Crippen molar-refractivity contribution in [3.8, 4) is 0 Å². The summed E-state index contributed by atoms with van der Waals surface area (Å²) in [6, 6.07) is 0. The molecule has 0 saturated carbocycles. The van der Waals surface area contributed by atoms with Crippen LogP contribution in [0, 0.1) is 0 Å². The third-order valence-corrected chi connectivity index (χ3v) is 13.3. The van der Waals surface area contributed by atoms with E-state index in [-0.39, 0.29) is 31.1 Å². The third-order valence-electron chi connectivity index (χ3n) is 13.3. The zero-order valence-corrected chi connectivity index (χ0v) is 48.6. The molecular formula is C68H116O6. The van der Waals surface area contributed by atoms with Crippen molar-refractivity contribution in [3.05, 3.63) is 97.2 Å². The molecule has 0 fully saturated rings. The lowest BCUT2D eigenvalue weighted by molar-refractivity contribution is -0.167. The molecule has 0 bridgehead atoms. The van der Waals surface area contributed by atoms with E-state index in [0.29, 0.717) is 19.3 Å². The van der Waals surface area contributed by atoms with Gasteiger partial charge in [-0.15, -0.1) is 0 Å². The second kappa shape index (κ2) is 61.9. The molecule has 6 nitrogen and oxygen atoms in total. The van der Waals surface area contributed by atoms with E-state index in [1.807, 2.05) is 0 Å². The molecule has 0 aliphatic carbocycles. The minimum absolute atomic E-state index is 0.0808. The minimum atomic E-state index is -0.783. The summed E-state index contributed by atoms with van der Waals surface area (Å²) in [4.78, 5) is 38.1. The van der Waals surface area contributed by atoms with Crippen LogP contribution < -0.4 is 0 Å². The van der Waals surface area contributed by atoms with Gasteiger partial charge in [-0.05, 0) is 103 Å². The predicted molar refractivity (Wildman–Crippen MR) is 320 cm³/mol. The first-order chi connectivity index (χ1) is 36.5. The first kappa shape index (κ1) is 70.3. The molecule has 1 unspecified atom stereocenters. The summed E-state index contributed by atoms with van der Waals surface area (Å²) in [5, 5.41) is 0. The molecule has 0 heterocycles. The normalized spacial score (nSPS) is 12.7. The lowest BCUT2D eigenvalue weighted by Crippen LogP contribution is -2.30. The Kier molecular flexibility index (Phi) is 58.8. The van der Waals surface area contributed by atoms with Crippen LogP contribution in [-0.2, 0) is 28.6 Å². The van der Waals surface area contributed by atoms with Gasteiger partial charge in [0.25, 0.3) is 0 Å². The standard InChI is InChI=1S/C68H116O6/c1-4-7-10-13-16-19-21-23-25-27-29-30-31-32-33-34-35-36-37-38-40-41-43-45-47-49-52-55-58-61-67(70)73-64-65(63-72-66(69)60-57-54-51-18-15-12-9-6-3)74-68(71)62-59-56-53-50-48-46-44-42-39-28-26-24-22-20-17-14-11-8-5-2/h7,10,16-17,19-20,23-26,29-30,32-33,39,42,65H,4-6,8-9,11-15,18,21-22,27-28,31,34-38,40-41,43-64H2,1-3H3/b10-7-,19-16-,20-17-,25-23-,26-24-,30-29-,33-32-,42-39-. The second-order valence-corrected chi connectivity index (χ2v) is 20.6. The summed E-state index contributed by atoms with van der Waals surface area (Å²) in [6.07, 6.45) is 82.8. The van der Waals surface area contributed by atoms with Gasteiger partial charge >= 0.3 is 17.9 Å². The average Bonchev–Trinajstić information content (AvgIpc) is 3.40. The van der Waals surface area contributed by atoms with Gasteiger partial charge in [0.15, 0.2) is 6.10 Å². The smallest absolute Gasteiger partial charge is 0.306 e. The van der Waals surface area contributed by atoms with Crippen LogP contribution in [0.1, 0.15) is 297 Å². The average molecular weight is 1030 g/mol. The van der Waals surface area contributed by atoms with Crippen LogP contribution >= 0.6 is 0 Å². The van der Waals surface area contributed by atoms with E-state index in [2.05, 4.69) is 118 Å². The number of carbonyl (C=O) groups is 3. The van der Waals surface area contributed by atoms with Gasteiger partial charge < -0.3 is 14.2 Å². The highest BCUT2D eigenvalue weighted by molar-refractivity contribution is 5.71. The SMILES string of the molecule is CC/C=C\C/C=C\C/C=C\C/C=C\C/C=C\CCCCCCCCCCCCCCCC(=O)OCC(COC(=O)CCCCCCCCCC)OC(=O)CCCCCCCC/C=C\C/C=C\C/C=C\CCCCC. The lowest BCUT2D eigenvalue weighted by Gasteiger charge is -2.18. The van der Waals surface area contributed by atoms with Crippen LogP contribution in [0.4, 0.5) is 0 Å². The number of ether oxygens (including phenoxy) is 3. The monoisotopic (exact) mass is 1030 g/mol. The van der Waals surface area contributed by atoms with Crippen LogP contribution in [0.2, 0.25) is 0 Å². The van der Waals surface area contributed by atoms with Crippen LogP contribution in [0.25, 0.3) is 0 Å². The second-order valence-electron chi connectivity index (χ2n) is 20.6. The molecule has 1 atom stereocenters. The van der Waals surface area contributed by atoms with E-state index in [1.165, 1.54) is 141 Å². The molecular weight excluding hydrogens is 913 g/mol. The predicted octanol–water partition coefficient (Wildman–Crippen LogP) is 21.3. The molecule has 0 aromatic rings.